The molecule has 0 saturated carbocycles. The predicted octanol–water partition coefficient (Wildman–Crippen LogP) is 2.65. The van der Waals surface area contributed by atoms with E-state index in [-0.39, 0.29) is 4.65 Å². The Hall–Kier alpha value is -2.25. The van der Waals surface area contributed by atoms with Crippen LogP contribution in [0, 0.1) is 17.1 Å². The maximum Gasteiger partial charge on any atom is 0.291 e. The Morgan fingerprint density at radius 2 is 2.08 bits per heavy atom. The van der Waals surface area contributed by atoms with Gasteiger partial charge in [-0.05, 0) is 17.5 Å². The van der Waals surface area contributed by atoms with Crippen molar-refractivity contribution in [3.05, 3.63) is 41.5 Å². The van der Waals surface area contributed by atoms with Crippen LogP contribution >= 0.6 is 0 Å². The number of halogens is 1. The summed E-state index contributed by atoms with van der Waals surface area (Å²) in [6.07, 6.45) is 1.77. The number of hydrogen-bond acceptors (Lipinski definition) is 5. The first-order valence-corrected chi connectivity index (χ1v) is 8.68. The number of hydroxylamine groups is 3. The van der Waals surface area contributed by atoms with Gasteiger partial charge in [-0.15, -0.1) is 0 Å². The molecule has 7 heteroatoms. The van der Waals surface area contributed by atoms with E-state index in [2.05, 4.69) is 15.3 Å². The largest absolute Gasteiger partial charge is 0.633 e. The number of fused-ring (bicyclic) bond motifs is 3. The lowest BCUT2D eigenvalue weighted by molar-refractivity contribution is -0.905. The van der Waals surface area contributed by atoms with Gasteiger partial charge in [0.2, 0.25) is 5.95 Å². The van der Waals surface area contributed by atoms with E-state index in [1.54, 1.807) is 18.2 Å². The maximum absolute atomic E-state index is 14.2. The first-order chi connectivity index (χ1) is 12.1. The van der Waals surface area contributed by atoms with E-state index in [4.69, 9.17) is 4.74 Å². The summed E-state index contributed by atoms with van der Waals surface area (Å²) in [5, 5.41) is 16.9. The molecule has 0 amide bonds. The monoisotopic (exact) mass is 342 g/mol. The van der Waals surface area contributed by atoms with Crippen molar-refractivity contribution in [1.29, 1.82) is 0 Å². The Labute approximate surface area is 144 Å². The van der Waals surface area contributed by atoms with Crippen LogP contribution in [-0.2, 0) is 4.74 Å². The molecule has 1 aromatic heterocycles. The zero-order valence-corrected chi connectivity index (χ0v) is 13.7. The number of hydrogen-bond donors (Lipinski definition) is 1. The van der Waals surface area contributed by atoms with Crippen LogP contribution in [0.3, 0.4) is 0 Å². The SMILES string of the molecule is [O-][N+]12CCC(CC1)[C@]1(CN=C(Nc3cc4ccccc4c(F)n3)O1)C2. The lowest BCUT2D eigenvalue weighted by atomic mass is 9.75. The number of pyridine rings is 1. The van der Waals surface area contributed by atoms with Crippen molar-refractivity contribution >= 4 is 22.6 Å². The van der Waals surface area contributed by atoms with Gasteiger partial charge in [0.1, 0.15) is 12.4 Å². The second-order valence-corrected chi connectivity index (χ2v) is 7.37. The summed E-state index contributed by atoms with van der Waals surface area (Å²) >= 11 is 0. The third kappa shape index (κ3) is 2.38. The molecule has 2 bridgehead atoms. The van der Waals surface area contributed by atoms with E-state index < -0.39 is 11.5 Å². The molecule has 4 aliphatic heterocycles. The summed E-state index contributed by atoms with van der Waals surface area (Å²) in [5.74, 6) is 0.200. The van der Waals surface area contributed by atoms with Crippen molar-refractivity contribution in [2.75, 3.05) is 31.5 Å². The highest BCUT2D eigenvalue weighted by Crippen LogP contribution is 2.44. The van der Waals surface area contributed by atoms with E-state index in [0.717, 1.165) is 18.2 Å². The molecule has 1 aromatic carbocycles. The van der Waals surface area contributed by atoms with Crippen LogP contribution in [-0.4, -0.2) is 47.4 Å². The molecule has 4 aliphatic rings. The summed E-state index contributed by atoms with van der Waals surface area (Å²) in [6.45, 7) is 2.29. The highest BCUT2D eigenvalue weighted by molar-refractivity contribution is 5.92. The van der Waals surface area contributed by atoms with Crippen LogP contribution in [0.15, 0.2) is 35.3 Å². The number of nitrogens with zero attached hydrogens (tertiary/aromatic N) is 3. The molecule has 3 saturated heterocycles. The summed E-state index contributed by atoms with van der Waals surface area (Å²) in [4.78, 5) is 8.40. The van der Waals surface area contributed by atoms with E-state index in [0.29, 0.717) is 49.3 Å². The molecular weight excluding hydrogens is 323 g/mol. The van der Waals surface area contributed by atoms with Crippen LogP contribution in [0.1, 0.15) is 12.8 Å². The molecule has 0 radical (unpaired) electrons. The quantitative estimate of drug-likeness (QED) is 0.491. The van der Waals surface area contributed by atoms with Crippen LogP contribution in [0.5, 0.6) is 0 Å². The summed E-state index contributed by atoms with van der Waals surface area (Å²) in [5.41, 5.74) is -0.504. The highest BCUT2D eigenvalue weighted by atomic mass is 19.1. The third-order valence-corrected chi connectivity index (χ3v) is 5.79. The Balaban J connectivity index is 1.38. The number of aromatic nitrogens is 1. The van der Waals surface area contributed by atoms with Crippen molar-refractivity contribution < 1.29 is 13.8 Å². The van der Waals surface area contributed by atoms with Crippen molar-refractivity contribution in [2.24, 2.45) is 10.9 Å². The van der Waals surface area contributed by atoms with Crippen LogP contribution in [0.4, 0.5) is 10.2 Å². The highest BCUT2D eigenvalue weighted by Gasteiger charge is 2.56. The minimum absolute atomic E-state index is 0.178. The molecule has 3 fully saturated rings. The number of benzene rings is 1. The van der Waals surface area contributed by atoms with Gasteiger partial charge in [-0.2, -0.15) is 4.39 Å². The molecule has 130 valence electrons. The number of piperidine rings is 3. The van der Waals surface area contributed by atoms with E-state index in [9.17, 15) is 9.60 Å². The van der Waals surface area contributed by atoms with Gasteiger partial charge in [-0.1, -0.05) is 18.2 Å². The van der Waals surface area contributed by atoms with Gasteiger partial charge in [0.05, 0.1) is 19.6 Å². The van der Waals surface area contributed by atoms with Crippen LogP contribution < -0.4 is 5.32 Å². The Kier molecular flexibility index (Phi) is 3.08. The molecule has 5 heterocycles. The number of amidine groups is 1. The smallest absolute Gasteiger partial charge is 0.291 e. The van der Waals surface area contributed by atoms with Gasteiger partial charge in [-0.3, -0.25) is 5.32 Å². The zero-order chi connectivity index (χ0) is 17.1. The summed E-state index contributed by atoms with van der Waals surface area (Å²) < 4.78 is 20.1. The fourth-order valence-corrected chi connectivity index (χ4v) is 4.49. The average molecular weight is 342 g/mol. The number of aliphatic imine (C=N–C) groups is 1. The molecule has 0 aliphatic carbocycles. The molecule has 1 spiro atoms. The van der Waals surface area contributed by atoms with Gasteiger partial charge in [0, 0.05) is 24.1 Å². The fraction of sp³-hybridized carbons (Fsp3) is 0.444. The number of ether oxygens (including phenoxy) is 1. The normalized spacial score (nSPS) is 33.5. The number of nitrogens with one attached hydrogen (secondary N) is 1. The lowest BCUT2D eigenvalue weighted by Gasteiger charge is -2.58. The second-order valence-electron chi connectivity index (χ2n) is 7.37. The fourth-order valence-electron chi connectivity index (χ4n) is 4.49. The number of rotatable bonds is 1. The van der Waals surface area contributed by atoms with E-state index >= 15 is 0 Å². The van der Waals surface area contributed by atoms with E-state index in [1.807, 2.05) is 12.1 Å². The molecule has 6 nitrogen and oxygen atoms in total. The van der Waals surface area contributed by atoms with Crippen molar-refractivity contribution in [2.45, 2.75) is 18.4 Å². The first kappa shape index (κ1) is 15.0. The minimum Gasteiger partial charge on any atom is -0.633 e. The van der Waals surface area contributed by atoms with E-state index in [1.165, 1.54) is 0 Å². The first-order valence-electron chi connectivity index (χ1n) is 8.68. The Morgan fingerprint density at radius 3 is 2.88 bits per heavy atom. The number of quaternary nitrogens is 1. The molecule has 6 rings (SSSR count). The molecule has 0 unspecified atom stereocenters. The Morgan fingerprint density at radius 1 is 1.28 bits per heavy atom. The van der Waals surface area contributed by atoms with Crippen molar-refractivity contribution in [1.82, 2.24) is 4.98 Å². The minimum atomic E-state index is -0.527. The van der Waals surface area contributed by atoms with Crippen LogP contribution in [0.2, 0.25) is 0 Å². The van der Waals surface area contributed by atoms with Crippen molar-refractivity contribution in [3.8, 4) is 0 Å². The zero-order valence-electron chi connectivity index (χ0n) is 13.7. The molecule has 1 N–H and O–H groups in total. The number of anilines is 1. The van der Waals surface area contributed by atoms with Gasteiger partial charge in [-0.25, -0.2) is 9.98 Å². The van der Waals surface area contributed by atoms with Gasteiger partial charge >= 0.3 is 0 Å². The molecular formula is C18H19FN4O2. The van der Waals surface area contributed by atoms with Gasteiger partial charge in [0.15, 0.2) is 5.60 Å². The third-order valence-electron chi connectivity index (χ3n) is 5.79. The molecule has 1 atom stereocenters. The van der Waals surface area contributed by atoms with Crippen LogP contribution in [0.25, 0.3) is 10.8 Å². The predicted molar refractivity (Wildman–Crippen MR) is 92.4 cm³/mol. The summed E-state index contributed by atoms with van der Waals surface area (Å²) in [6, 6.07) is 9.28. The standard InChI is InChI=1S/C18H19FN4O2/c19-16-14-4-2-1-3-12(14)9-15(21-16)22-17-20-10-18(25-17)11-23(24)7-5-13(18)6-8-23/h1-4,9,13H,5-8,10-11H2,(H,20,21,22)/t13?,18-,23?/m0/s1. The average Bonchev–Trinajstić information content (AvgIpc) is 2.97. The van der Waals surface area contributed by atoms with Crippen molar-refractivity contribution in [3.63, 3.8) is 0 Å². The lowest BCUT2D eigenvalue weighted by Crippen LogP contribution is -2.67. The summed E-state index contributed by atoms with van der Waals surface area (Å²) in [7, 11) is 0. The maximum atomic E-state index is 14.2. The van der Waals surface area contributed by atoms with Gasteiger partial charge in [0.25, 0.3) is 6.02 Å². The molecule has 2 aromatic rings. The second kappa shape index (κ2) is 5.12. The Bertz CT molecular complexity index is 879. The van der Waals surface area contributed by atoms with Gasteiger partial charge < -0.3 is 14.6 Å². The topological polar surface area (TPSA) is 69.6 Å². The molecule has 25 heavy (non-hydrogen) atoms.